The number of amides is 1. The minimum atomic E-state index is -0.572. The number of aromatic nitrogens is 2. The predicted octanol–water partition coefficient (Wildman–Crippen LogP) is 3.66. The molecule has 0 saturated carbocycles. The lowest BCUT2D eigenvalue weighted by Crippen LogP contribution is -2.31. The van der Waals surface area contributed by atoms with Crippen molar-refractivity contribution in [1.29, 1.82) is 0 Å². The monoisotopic (exact) mass is 422 g/mol. The minimum Gasteiger partial charge on any atom is -0.507 e. The van der Waals surface area contributed by atoms with Crippen LogP contribution in [0.5, 0.6) is 5.75 Å². The number of ether oxygens (including phenoxy) is 1. The number of para-hydroxylation sites is 1. The number of nitrogens with zero attached hydrogens (tertiary/aromatic N) is 3. The van der Waals surface area contributed by atoms with Crippen LogP contribution >= 0.6 is 0 Å². The highest BCUT2D eigenvalue weighted by molar-refractivity contribution is 6.00. The average Bonchev–Trinajstić information content (AvgIpc) is 3.31. The fourth-order valence-electron chi connectivity index (χ4n) is 3.94. The molecule has 31 heavy (non-hydrogen) atoms. The molecule has 160 valence electrons. The van der Waals surface area contributed by atoms with Crippen molar-refractivity contribution < 1.29 is 19.6 Å². The summed E-state index contributed by atoms with van der Waals surface area (Å²) >= 11 is 0. The average molecular weight is 422 g/mol. The molecule has 9 nitrogen and oxygen atoms in total. The summed E-state index contributed by atoms with van der Waals surface area (Å²) in [6.07, 6.45) is 0.620. The fraction of sp³-hybridized carbons (Fsp3) is 0.273. The zero-order chi connectivity index (χ0) is 22.0. The number of carbonyl (C=O) groups is 1. The molecule has 1 unspecified atom stereocenters. The van der Waals surface area contributed by atoms with Gasteiger partial charge in [-0.2, -0.15) is 5.10 Å². The number of carbonyl (C=O) groups excluding carboxylic acids is 1. The number of phenolic OH excluding ortho intramolecular Hbond substituents is 1. The van der Waals surface area contributed by atoms with Gasteiger partial charge in [0, 0.05) is 43.0 Å². The molecule has 1 aliphatic heterocycles. The van der Waals surface area contributed by atoms with E-state index in [0.717, 1.165) is 0 Å². The highest BCUT2D eigenvalue weighted by Crippen LogP contribution is 2.44. The van der Waals surface area contributed by atoms with E-state index in [1.165, 1.54) is 12.1 Å². The summed E-state index contributed by atoms with van der Waals surface area (Å²) in [4.78, 5) is 25.8. The molecule has 9 heteroatoms. The van der Waals surface area contributed by atoms with Gasteiger partial charge in [-0.15, -0.1) is 0 Å². The van der Waals surface area contributed by atoms with Crippen LogP contribution in [-0.4, -0.2) is 50.8 Å². The maximum Gasteiger partial charge on any atom is 0.273 e. The Hall–Kier alpha value is -3.72. The Morgan fingerprint density at radius 1 is 1.26 bits per heavy atom. The quantitative estimate of drug-likeness (QED) is 0.325. The summed E-state index contributed by atoms with van der Waals surface area (Å²) in [5.41, 5.74) is 2.41. The second kappa shape index (κ2) is 8.57. The number of benzene rings is 2. The van der Waals surface area contributed by atoms with Gasteiger partial charge in [-0.3, -0.25) is 20.0 Å². The van der Waals surface area contributed by atoms with E-state index in [9.17, 15) is 20.0 Å². The molecule has 4 rings (SSSR count). The zero-order valence-corrected chi connectivity index (χ0v) is 16.9. The molecule has 0 fully saturated rings. The third kappa shape index (κ3) is 3.75. The van der Waals surface area contributed by atoms with Gasteiger partial charge in [-0.25, -0.2) is 0 Å². The number of nitro benzene ring substituents is 1. The van der Waals surface area contributed by atoms with Gasteiger partial charge in [0.25, 0.3) is 11.6 Å². The van der Waals surface area contributed by atoms with Gasteiger partial charge in [0.05, 0.1) is 11.0 Å². The van der Waals surface area contributed by atoms with E-state index >= 15 is 0 Å². The van der Waals surface area contributed by atoms with E-state index < -0.39 is 11.0 Å². The number of nitrogens with one attached hydrogen (secondary N) is 1. The maximum atomic E-state index is 13.2. The Balaban J connectivity index is 1.82. The Kier molecular flexibility index (Phi) is 5.68. The lowest BCUT2D eigenvalue weighted by Gasteiger charge is -2.26. The number of fused-ring (bicyclic) bond motifs is 1. The summed E-state index contributed by atoms with van der Waals surface area (Å²) in [5.74, 6) is -0.200. The molecular weight excluding hydrogens is 400 g/mol. The number of aromatic hydroxyl groups is 1. The van der Waals surface area contributed by atoms with Gasteiger partial charge in [0.1, 0.15) is 17.1 Å². The molecule has 0 aliphatic carbocycles. The smallest absolute Gasteiger partial charge is 0.273 e. The number of phenols is 1. The molecule has 2 N–H and O–H groups in total. The Labute approximate surface area is 178 Å². The largest absolute Gasteiger partial charge is 0.507 e. The Bertz CT molecular complexity index is 1130. The van der Waals surface area contributed by atoms with E-state index in [0.29, 0.717) is 54.3 Å². The van der Waals surface area contributed by atoms with Crippen molar-refractivity contribution in [3.8, 4) is 17.0 Å². The first-order valence-corrected chi connectivity index (χ1v) is 10.0. The Morgan fingerprint density at radius 3 is 2.81 bits per heavy atom. The number of hydrogen-bond acceptors (Lipinski definition) is 6. The van der Waals surface area contributed by atoms with Crippen LogP contribution in [0.3, 0.4) is 0 Å². The van der Waals surface area contributed by atoms with Gasteiger partial charge in [0.2, 0.25) is 0 Å². The normalized spacial score (nSPS) is 15.3. The lowest BCUT2D eigenvalue weighted by atomic mass is 9.95. The van der Waals surface area contributed by atoms with E-state index in [-0.39, 0.29) is 17.3 Å². The first-order valence-electron chi connectivity index (χ1n) is 10.0. The van der Waals surface area contributed by atoms with Crippen molar-refractivity contribution in [3.05, 3.63) is 75.5 Å². The van der Waals surface area contributed by atoms with Crippen molar-refractivity contribution in [3.63, 3.8) is 0 Å². The highest BCUT2D eigenvalue weighted by Gasteiger charge is 2.42. The van der Waals surface area contributed by atoms with Crippen molar-refractivity contribution >= 4 is 11.6 Å². The molecule has 0 bridgehead atoms. The van der Waals surface area contributed by atoms with Crippen LogP contribution in [0.1, 0.15) is 41.0 Å². The SMILES string of the molecule is CCOCCCN1C(=O)c2[nH]nc(-c3ccccc3O)c2C1c1cccc([N+](=O)[O-])c1. The predicted molar refractivity (Wildman–Crippen MR) is 113 cm³/mol. The molecule has 1 aliphatic rings. The van der Waals surface area contributed by atoms with Crippen LogP contribution in [-0.2, 0) is 4.74 Å². The molecule has 2 heterocycles. The molecule has 2 aromatic carbocycles. The van der Waals surface area contributed by atoms with E-state index in [2.05, 4.69) is 10.2 Å². The fourth-order valence-corrected chi connectivity index (χ4v) is 3.94. The number of rotatable bonds is 8. The van der Waals surface area contributed by atoms with Gasteiger partial charge >= 0.3 is 0 Å². The van der Waals surface area contributed by atoms with Crippen molar-refractivity contribution in [1.82, 2.24) is 15.1 Å². The van der Waals surface area contributed by atoms with Crippen LogP contribution in [0, 0.1) is 10.1 Å². The number of non-ortho nitro benzene ring substituents is 1. The maximum absolute atomic E-state index is 13.2. The van der Waals surface area contributed by atoms with Crippen LogP contribution in [0.4, 0.5) is 5.69 Å². The second-order valence-corrected chi connectivity index (χ2v) is 7.18. The third-order valence-corrected chi connectivity index (χ3v) is 5.31. The van der Waals surface area contributed by atoms with Crippen LogP contribution in [0.2, 0.25) is 0 Å². The Morgan fingerprint density at radius 2 is 2.06 bits per heavy atom. The summed E-state index contributed by atoms with van der Waals surface area (Å²) in [5, 5.41) is 28.8. The molecule has 0 spiro atoms. The summed E-state index contributed by atoms with van der Waals surface area (Å²) < 4.78 is 5.41. The summed E-state index contributed by atoms with van der Waals surface area (Å²) in [6.45, 7) is 3.40. The topological polar surface area (TPSA) is 122 Å². The molecule has 0 radical (unpaired) electrons. The molecular formula is C22H22N4O5. The van der Waals surface area contributed by atoms with E-state index in [1.54, 1.807) is 41.3 Å². The first-order chi connectivity index (χ1) is 15.0. The van der Waals surface area contributed by atoms with Gasteiger partial charge < -0.3 is 14.7 Å². The van der Waals surface area contributed by atoms with E-state index in [1.807, 2.05) is 6.92 Å². The van der Waals surface area contributed by atoms with Crippen LogP contribution < -0.4 is 0 Å². The second-order valence-electron chi connectivity index (χ2n) is 7.18. The summed E-state index contributed by atoms with van der Waals surface area (Å²) in [6, 6.07) is 12.4. The van der Waals surface area contributed by atoms with Crippen molar-refractivity contribution in [2.75, 3.05) is 19.8 Å². The van der Waals surface area contributed by atoms with Crippen molar-refractivity contribution in [2.45, 2.75) is 19.4 Å². The van der Waals surface area contributed by atoms with Crippen LogP contribution in [0.25, 0.3) is 11.3 Å². The molecule has 1 atom stereocenters. The number of hydrogen-bond donors (Lipinski definition) is 2. The van der Waals surface area contributed by atoms with Crippen LogP contribution in [0.15, 0.2) is 48.5 Å². The molecule has 1 aromatic heterocycles. The van der Waals surface area contributed by atoms with Gasteiger partial charge in [0.15, 0.2) is 0 Å². The van der Waals surface area contributed by atoms with Gasteiger partial charge in [-0.1, -0.05) is 24.3 Å². The first kappa shape index (κ1) is 20.5. The van der Waals surface area contributed by atoms with E-state index in [4.69, 9.17) is 4.74 Å². The summed E-state index contributed by atoms with van der Waals surface area (Å²) in [7, 11) is 0. The third-order valence-electron chi connectivity index (χ3n) is 5.31. The standard InChI is InChI=1S/C22H22N4O5/c1-2-31-12-6-11-25-21(14-7-5-8-15(13-14)26(29)30)18-19(23-24-20(18)22(25)28)16-9-3-4-10-17(16)27/h3-5,7-10,13,21,27H,2,6,11-12H2,1H3,(H,23,24). The molecule has 3 aromatic rings. The molecule has 1 amide bonds. The zero-order valence-electron chi connectivity index (χ0n) is 16.9. The number of H-pyrrole nitrogens is 1. The minimum absolute atomic E-state index is 0.0387. The lowest BCUT2D eigenvalue weighted by molar-refractivity contribution is -0.384. The number of aromatic amines is 1. The van der Waals surface area contributed by atoms with Crippen molar-refractivity contribution in [2.24, 2.45) is 0 Å². The number of nitro groups is 1. The highest BCUT2D eigenvalue weighted by atomic mass is 16.6. The molecule has 0 saturated heterocycles. The van der Waals surface area contributed by atoms with Gasteiger partial charge in [-0.05, 0) is 31.0 Å².